The zero-order chi connectivity index (χ0) is 17.5. The monoisotopic (exact) mass is 346 g/mol. The van der Waals surface area contributed by atoms with E-state index in [1.54, 1.807) is 0 Å². The third-order valence-corrected chi connectivity index (χ3v) is 4.30. The smallest absolute Gasteiger partial charge is 0.317 e. The van der Waals surface area contributed by atoms with E-state index in [4.69, 9.17) is 16.3 Å². The highest BCUT2D eigenvalue weighted by molar-refractivity contribution is 6.32. The van der Waals surface area contributed by atoms with Crippen LogP contribution in [0.3, 0.4) is 0 Å². The Kier molecular flexibility index (Phi) is 6.50. The first kappa shape index (κ1) is 18.1. The average Bonchev–Trinajstić information content (AvgIpc) is 2.54. The summed E-state index contributed by atoms with van der Waals surface area (Å²) in [4.78, 5) is 11.7. The van der Waals surface area contributed by atoms with Crippen LogP contribution in [0.1, 0.15) is 22.3 Å². The first-order valence-corrected chi connectivity index (χ1v) is 8.30. The Morgan fingerprint density at radius 3 is 2.29 bits per heavy atom. The molecule has 24 heavy (non-hydrogen) atoms. The van der Waals surface area contributed by atoms with Gasteiger partial charge in [-0.05, 0) is 56.0 Å². The number of carbonyl (C=O) groups is 1. The predicted octanol–water partition coefficient (Wildman–Crippen LogP) is 4.14. The van der Waals surface area contributed by atoms with Gasteiger partial charge in [-0.1, -0.05) is 41.4 Å². The maximum Gasteiger partial charge on any atom is 0.317 e. The van der Waals surface area contributed by atoms with Crippen molar-refractivity contribution in [2.75, 3.05) is 13.3 Å². The second kappa shape index (κ2) is 8.60. The second-order valence-electron chi connectivity index (χ2n) is 5.83. The Labute approximate surface area is 148 Å². The first-order chi connectivity index (χ1) is 11.5. The maximum absolute atomic E-state index is 11.7. The van der Waals surface area contributed by atoms with Crippen LogP contribution < -0.4 is 15.4 Å². The van der Waals surface area contributed by atoms with Gasteiger partial charge in [-0.2, -0.15) is 0 Å². The minimum absolute atomic E-state index is 0.108. The van der Waals surface area contributed by atoms with Gasteiger partial charge in [0.25, 0.3) is 0 Å². The summed E-state index contributed by atoms with van der Waals surface area (Å²) in [5, 5.41) is 6.23. The van der Waals surface area contributed by atoms with Crippen LogP contribution in [-0.2, 0) is 6.42 Å². The minimum atomic E-state index is -0.246. The fraction of sp³-hybridized carbons (Fsp3) is 0.316. The summed E-state index contributed by atoms with van der Waals surface area (Å²) in [6, 6.07) is 11.7. The molecule has 5 heteroatoms. The van der Waals surface area contributed by atoms with Crippen LogP contribution in [0.4, 0.5) is 4.79 Å². The number of hydrogen-bond donors (Lipinski definition) is 2. The van der Waals surface area contributed by atoms with E-state index in [-0.39, 0.29) is 12.8 Å². The van der Waals surface area contributed by atoms with Crippen molar-refractivity contribution in [2.24, 2.45) is 0 Å². The average molecular weight is 347 g/mol. The second-order valence-corrected chi connectivity index (χ2v) is 6.21. The largest absolute Gasteiger partial charge is 0.473 e. The number of amides is 2. The Bertz CT molecular complexity index is 676. The van der Waals surface area contributed by atoms with Crippen LogP contribution in [0.5, 0.6) is 5.75 Å². The Balaban J connectivity index is 1.69. The van der Waals surface area contributed by atoms with Crippen LogP contribution in [0.15, 0.2) is 36.4 Å². The molecule has 128 valence electrons. The van der Waals surface area contributed by atoms with E-state index in [1.165, 1.54) is 11.1 Å². The number of benzene rings is 2. The molecule has 0 aromatic heterocycles. The molecule has 0 spiro atoms. The molecule has 4 nitrogen and oxygen atoms in total. The summed E-state index contributed by atoms with van der Waals surface area (Å²) in [6.07, 6.45) is 0.796. The molecule has 0 fully saturated rings. The van der Waals surface area contributed by atoms with Crippen molar-refractivity contribution >= 4 is 17.6 Å². The third kappa shape index (κ3) is 5.46. The van der Waals surface area contributed by atoms with Gasteiger partial charge in [0.2, 0.25) is 0 Å². The van der Waals surface area contributed by atoms with Gasteiger partial charge < -0.3 is 15.4 Å². The van der Waals surface area contributed by atoms with Gasteiger partial charge in [-0.15, -0.1) is 0 Å². The van der Waals surface area contributed by atoms with Gasteiger partial charge in [0.05, 0.1) is 0 Å². The van der Waals surface area contributed by atoms with E-state index in [0.29, 0.717) is 12.3 Å². The Hall–Kier alpha value is -2.20. The number of carbonyl (C=O) groups excluding carboxylic acids is 1. The molecule has 2 amide bonds. The molecule has 0 aliphatic rings. The van der Waals surface area contributed by atoms with Gasteiger partial charge in [-0.25, -0.2) is 4.79 Å². The van der Waals surface area contributed by atoms with Crippen LogP contribution >= 0.6 is 11.6 Å². The summed E-state index contributed by atoms with van der Waals surface area (Å²) < 4.78 is 5.54. The lowest BCUT2D eigenvalue weighted by atomic mass is 10.1. The van der Waals surface area contributed by atoms with Gasteiger partial charge in [-0.3, -0.25) is 0 Å². The van der Waals surface area contributed by atoms with Crippen molar-refractivity contribution < 1.29 is 9.53 Å². The van der Waals surface area contributed by atoms with Gasteiger partial charge in [0, 0.05) is 11.6 Å². The van der Waals surface area contributed by atoms with E-state index >= 15 is 0 Å². The summed E-state index contributed by atoms with van der Waals surface area (Å²) in [5.41, 5.74) is 4.34. The van der Waals surface area contributed by atoms with Crippen molar-refractivity contribution in [3.8, 4) is 5.75 Å². The number of aryl methyl sites for hydroxylation is 3. The molecule has 0 atom stereocenters. The first-order valence-electron chi connectivity index (χ1n) is 7.92. The summed E-state index contributed by atoms with van der Waals surface area (Å²) in [5.74, 6) is 0.689. The zero-order valence-electron chi connectivity index (χ0n) is 14.3. The highest BCUT2D eigenvalue weighted by atomic mass is 35.5. The minimum Gasteiger partial charge on any atom is -0.473 e. The molecule has 0 radical (unpaired) electrons. The lowest BCUT2D eigenvalue weighted by molar-refractivity contribution is 0.224. The third-order valence-electron chi connectivity index (χ3n) is 3.70. The van der Waals surface area contributed by atoms with Gasteiger partial charge in [0.15, 0.2) is 6.73 Å². The van der Waals surface area contributed by atoms with Crippen LogP contribution in [-0.4, -0.2) is 19.3 Å². The summed E-state index contributed by atoms with van der Waals surface area (Å²) >= 11 is 6.12. The van der Waals surface area contributed by atoms with Crippen LogP contribution in [0.25, 0.3) is 0 Å². The molecular weight excluding hydrogens is 324 g/mol. The molecule has 0 saturated heterocycles. The maximum atomic E-state index is 11.7. The van der Waals surface area contributed by atoms with Crippen molar-refractivity contribution in [1.82, 2.24) is 10.6 Å². The predicted molar refractivity (Wildman–Crippen MR) is 97.8 cm³/mol. The zero-order valence-corrected chi connectivity index (χ0v) is 15.0. The van der Waals surface area contributed by atoms with Crippen molar-refractivity contribution in [1.29, 1.82) is 0 Å². The Morgan fingerprint density at radius 2 is 1.67 bits per heavy atom. The van der Waals surface area contributed by atoms with Gasteiger partial charge >= 0.3 is 6.03 Å². The molecule has 0 bridgehead atoms. The van der Waals surface area contributed by atoms with Crippen molar-refractivity contribution in [3.63, 3.8) is 0 Å². The fourth-order valence-electron chi connectivity index (χ4n) is 2.31. The number of halogens is 1. The lowest BCUT2D eigenvalue weighted by Gasteiger charge is -2.11. The molecule has 2 aromatic rings. The molecule has 0 aliphatic carbocycles. The summed E-state index contributed by atoms with van der Waals surface area (Å²) in [6.45, 7) is 6.59. The van der Waals surface area contributed by atoms with Gasteiger partial charge in [0.1, 0.15) is 5.75 Å². The molecular formula is C19H23ClN2O2. The van der Waals surface area contributed by atoms with Crippen molar-refractivity contribution in [2.45, 2.75) is 27.2 Å². The highest BCUT2D eigenvalue weighted by Gasteiger charge is 2.04. The number of nitrogens with one attached hydrogen (secondary N) is 2. The van der Waals surface area contributed by atoms with E-state index < -0.39 is 0 Å². The molecule has 2 N–H and O–H groups in total. The topological polar surface area (TPSA) is 50.4 Å². The molecule has 2 rings (SSSR count). The molecule has 0 aliphatic heterocycles. The quantitative estimate of drug-likeness (QED) is 0.772. The standard InChI is InChI=1S/C19H23ClN2O2/c1-13-4-6-16(7-5-13)8-9-21-19(23)22-12-24-17-10-14(2)18(20)15(3)11-17/h4-7,10-11H,8-9,12H2,1-3H3,(H2,21,22,23). The van der Waals surface area contributed by atoms with E-state index in [2.05, 4.69) is 41.8 Å². The molecule has 2 aromatic carbocycles. The Morgan fingerprint density at radius 1 is 1.04 bits per heavy atom. The summed E-state index contributed by atoms with van der Waals surface area (Å²) in [7, 11) is 0. The van der Waals surface area contributed by atoms with Crippen LogP contribution in [0, 0.1) is 20.8 Å². The number of hydrogen-bond acceptors (Lipinski definition) is 2. The number of rotatable bonds is 6. The number of urea groups is 1. The van der Waals surface area contributed by atoms with E-state index in [0.717, 1.165) is 22.6 Å². The SMILES string of the molecule is Cc1ccc(CCNC(=O)NCOc2cc(C)c(Cl)c(C)c2)cc1. The lowest BCUT2D eigenvalue weighted by Crippen LogP contribution is -2.38. The molecule has 0 unspecified atom stereocenters. The normalized spacial score (nSPS) is 10.3. The number of ether oxygens (including phenoxy) is 1. The van der Waals surface area contributed by atoms with E-state index in [1.807, 2.05) is 26.0 Å². The molecule has 0 heterocycles. The van der Waals surface area contributed by atoms with E-state index in [9.17, 15) is 4.79 Å². The fourth-order valence-corrected chi connectivity index (χ4v) is 2.42. The highest BCUT2D eigenvalue weighted by Crippen LogP contribution is 2.25. The molecule has 0 saturated carbocycles. The van der Waals surface area contributed by atoms with Crippen molar-refractivity contribution in [3.05, 3.63) is 63.7 Å². The van der Waals surface area contributed by atoms with Crippen LogP contribution in [0.2, 0.25) is 5.02 Å².